The zero-order chi connectivity index (χ0) is 26.8. The fraction of sp³-hybridized carbons (Fsp3) is 0.214. The Morgan fingerprint density at radius 3 is 1.66 bits per heavy atom. The van der Waals surface area contributed by atoms with Crippen LogP contribution < -0.4 is 10.9 Å². The Hall–Kier alpha value is -3.20. The molecule has 1 saturated heterocycles. The molecule has 1 aliphatic heterocycles. The Labute approximate surface area is 236 Å². The number of nitrogens with one attached hydrogen (secondary N) is 2. The summed E-state index contributed by atoms with van der Waals surface area (Å²) in [7, 11) is 0. The van der Waals surface area contributed by atoms with Crippen molar-refractivity contribution in [2.45, 2.75) is 16.2 Å². The minimum absolute atomic E-state index is 0.169. The largest absolute Gasteiger partial charge is 0.281 e. The number of halogens is 3. The first-order valence-electron chi connectivity index (χ1n) is 12.0. The summed E-state index contributed by atoms with van der Waals surface area (Å²) in [6.45, 7) is -0.169. The Morgan fingerprint density at radius 1 is 0.763 bits per heavy atom. The molecule has 2 N–H and O–H groups in total. The highest BCUT2D eigenvalue weighted by Crippen LogP contribution is 2.69. The van der Waals surface area contributed by atoms with Crippen LogP contribution in [0.5, 0.6) is 0 Å². The molecule has 2 atom stereocenters. The Bertz CT molecular complexity index is 1400. The lowest BCUT2D eigenvalue weighted by molar-refractivity contribution is -0.140. The van der Waals surface area contributed by atoms with Gasteiger partial charge in [-0.15, -0.1) is 23.2 Å². The maximum atomic E-state index is 13.8. The average Bonchev–Trinajstić information content (AvgIpc) is 3.19. The maximum absolute atomic E-state index is 13.8. The van der Waals surface area contributed by atoms with E-state index in [4.69, 9.17) is 23.2 Å². The Morgan fingerprint density at radius 2 is 1.21 bits per heavy atom. The number of amides is 4. The molecule has 0 radical (unpaired) electrons. The lowest BCUT2D eigenvalue weighted by Gasteiger charge is -2.54. The van der Waals surface area contributed by atoms with Gasteiger partial charge in [-0.1, -0.05) is 64.5 Å². The molecule has 10 heteroatoms. The van der Waals surface area contributed by atoms with Gasteiger partial charge in [-0.3, -0.25) is 34.9 Å². The van der Waals surface area contributed by atoms with Gasteiger partial charge in [0.2, 0.25) is 17.7 Å². The summed E-state index contributed by atoms with van der Waals surface area (Å²) < 4.78 is 0.815. The van der Waals surface area contributed by atoms with Crippen LogP contribution in [0.2, 0.25) is 0 Å². The monoisotopic (exact) mass is 611 g/mol. The van der Waals surface area contributed by atoms with Crippen molar-refractivity contribution in [2.75, 3.05) is 6.54 Å². The summed E-state index contributed by atoms with van der Waals surface area (Å²) >= 11 is 18.0. The van der Waals surface area contributed by atoms with Gasteiger partial charge in [0.05, 0.1) is 11.8 Å². The van der Waals surface area contributed by atoms with Gasteiger partial charge in [0.15, 0.2) is 0 Å². The normalized spacial score (nSPS) is 26.4. The third-order valence-corrected chi connectivity index (χ3v) is 9.47. The zero-order valence-corrected chi connectivity index (χ0v) is 22.8. The second-order valence-electron chi connectivity index (χ2n) is 9.56. The van der Waals surface area contributed by atoms with Gasteiger partial charge in [-0.2, -0.15) is 0 Å². The molecule has 0 unspecified atom stereocenters. The summed E-state index contributed by atoms with van der Waals surface area (Å²) in [5.74, 6) is -3.81. The number of carbonyl (C=O) groups excluding carboxylic acids is 4. The number of alkyl halides is 2. The summed E-state index contributed by atoms with van der Waals surface area (Å²) in [4.78, 5) is 50.8. The van der Waals surface area contributed by atoms with E-state index in [-0.39, 0.29) is 13.0 Å². The molecule has 4 amide bonds. The molecular formula is C28H20BrCl2N3O4. The first-order valence-corrected chi connectivity index (χ1v) is 13.5. The van der Waals surface area contributed by atoms with Gasteiger partial charge in [0.25, 0.3) is 5.91 Å². The third kappa shape index (κ3) is 3.40. The molecule has 0 spiro atoms. The number of imide groups is 1. The number of hydrogen-bond acceptors (Lipinski definition) is 4. The highest BCUT2D eigenvalue weighted by Gasteiger charge is 2.72. The van der Waals surface area contributed by atoms with Crippen molar-refractivity contribution in [3.63, 3.8) is 0 Å². The SMILES string of the molecule is O=C(CCN1C(=O)[C@@H]2[C@@H](C1=O)C1(Cl)c3ccccc3C2(Cl)c2ccccc21)NNC(=O)c1ccc(Br)cc1. The number of carbonyl (C=O) groups is 4. The van der Waals surface area contributed by atoms with Crippen molar-refractivity contribution in [3.05, 3.63) is 105 Å². The standard InChI is InChI=1S/C28H20BrCl2N3O4/c29-16-11-9-15(10-12-16)24(36)33-32-21(35)13-14-34-25(37)22-23(26(34)38)28(31)18-6-2-1-5-17(18)27(22,30)19-7-3-4-8-20(19)28/h1-12,22-23H,13-14H2,(H,32,35)(H,33,36)/t22-,23-,27?,28?/m0/s1. The highest BCUT2D eigenvalue weighted by atomic mass is 79.9. The van der Waals surface area contributed by atoms with Crippen LogP contribution in [-0.4, -0.2) is 35.1 Å². The van der Waals surface area contributed by atoms with Crippen molar-refractivity contribution >= 4 is 62.8 Å². The molecule has 7 nitrogen and oxygen atoms in total. The molecule has 3 aromatic rings. The van der Waals surface area contributed by atoms with Crippen molar-refractivity contribution in [2.24, 2.45) is 11.8 Å². The number of likely N-dealkylation sites (tertiary alicyclic amines) is 1. The molecule has 4 aliphatic rings. The molecule has 2 bridgehead atoms. The molecule has 1 fully saturated rings. The Kier molecular flexibility index (Phi) is 5.90. The third-order valence-electron chi connectivity index (χ3n) is 7.66. The quantitative estimate of drug-likeness (QED) is 0.262. The molecule has 3 aliphatic carbocycles. The number of hydrazine groups is 1. The van der Waals surface area contributed by atoms with Crippen LogP contribution in [0.1, 0.15) is 39.0 Å². The minimum Gasteiger partial charge on any atom is -0.281 e. The zero-order valence-electron chi connectivity index (χ0n) is 19.7. The topological polar surface area (TPSA) is 95.6 Å². The molecule has 3 aromatic carbocycles. The fourth-order valence-electron chi connectivity index (χ4n) is 6.02. The predicted octanol–water partition coefficient (Wildman–Crippen LogP) is 4.19. The smallest absolute Gasteiger partial charge is 0.269 e. The molecular weight excluding hydrogens is 593 g/mol. The summed E-state index contributed by atoms with van der Waals surface area (Å²) in [6.07, 6.45) is -0.206. The lowest BCUT2D eigenvalue weighted by Crippen LogP contribution is -2.57. The molecule has 192 valence electrons. The number of hydrogen-bond donors (Lipinski definition) is 2. The van der Waals surface area contributed by atoms with Crippen molar-refractivity contribution in [1.82, 2.24) is 15.8 Å². The van der Waals surface area contributed by atoms with E-state index in [1.807, 2.05) is 48.5 Å². The number of rotatable bonds is 4. The highest BCUT2D eigenvalue weighted by molar-refractivity contribution is 9.10. The van der Waals surface area contributed by atoms with Gasteiger partial charge in [-0.25, -0.2) is 0 Å². The van der Waals surface area contributed by atoms with E-state index >= 15 is 0 Å². The number of benzene rings is 3. The van der Waals surface area contributed by atoms with Crippen LogP contribution >= 0.6 is 39.1 Å². The van der Waals surface area contributed by atoms with Crippen LogP contribution in [0.4, 0.5) is 0 Å². The Balaban J connectivity index is 1.23. The molecule has 38 heavy (non-hydrogen) atoms. The second kappa shape index (κ2) is 8.93. The predicted molar refractivity (Wildman–Crippen MR) is 144 cm³/mol. The fourth-order valence-corrected chi connectivity index (χ4v) is 7.38. The van der Waals surface area contributed by atoms with Crippen molar-refractivity contribution < 1.29 is 19.2 Å². The van der Waals surface area contributed by atoms with E-state index < -0.39 is 45.2 Å². The van der Waals surface area contributed by atoms with Crippen molar-refractivity contribution in [1.29, 1.82) is 0 Å². The van der Waals surface area contributed by atoms with Crippen LogP contribution in [-0.2, 0) is 24.1 Å². The first kappa shape index (κ1) is 25.1. The maximum Gasteiger partial charge on any atom is 0.269 e. The molecule has 0 saturated carbocycles. The van der Waals surface area contributed by atoms with Gasteiger partial charge in [0.1, 0.15) is 9.75 Å². The van der Waals surface area contributed by atoms with Gasteiger partial charge < -0.3 is 0 Å². The first-order chi connectivity index (χ1) is 18.2. The molecule has 1 heterocycles. The van der Waals surface area contributed by atoms with E-state index in [0.29, 0.717) is 27.8 Å². The van der Waals surface area contributed by atoms with E-state index in [0.717, 1.165) is 9.37 Å². The average molecular weight is 613 g/mol. The summed E-state index contributed by atoms with van der Waals surface area (Å²) in [5.41, 5.74) is 7.90. The van der Waals surface area contributed by atoms with Crippen LogP contribution in [0.3, 0.4) is 0 Å². The lowest BCUT2D eigenvalue weighted by atomic mass is 9.54. The van der Waals surface area contributed by atoms with E-state index in [1.165, 1.54) is 0 Å². The van der Waals surface area contributed by atoms with Crippen LogP contribution in [0, 0.1) is 11.8 Å². The van der Waals surface area contributed by atoms with Gasteiger partial charge >= 0.3 is 0 Å². The summed E-state index contributed by atoms with van der Waals surface area (Å²) in [6, 6.07) is 21.4. The van der Waals surface area contributed by atoms with Crippen LogP contribution in [0.15, 0.2) is 77.3 Å². The minimum atomic E-state index is -1.27. The van der Waals surface area contributed by atoms with Gasteiger partial charge in [0, 0.05) is 23.0 Å². The second-order valence-corrected chi connectivity index (χ2v) is 11.7. The number of nitrogens with zero attached hydrogens (tertiary/aromatic N) is 1. The summed E-state index contributed by atoms with van der Waals surface area (Å²) in [5, 5.41) is 0. The van der Waals surface area contributed by atoms with E-state index in [9.17, 15) is 19.2 Å². The van der Waals surface area contributed by atoms with Gasteiger partial charge in [-0.05, 0) is 46.5 Å². The van der Waals surface area contributed by atoms with Crippen molar-refractivity contribution in [3.8, 4) is 0 Å². The molecule has 7 rings (SSSR count). The van der Waals surface area contributed by atoms with Crippen LogP contribution in [0.25, 0.3) is 0 Å². The van der Waals surface area contributed by atoms with E-state index in [1.54, 1.807) is 24.3 Å². The molecule has 0 aromatic heterocycles. The van der Waals surface area contributed by atoms with E-state index in [2.05, 4.69) is 26.8 Å².